The summed E-state index contributed by atoms with van der Waals surface area (Å²) in [6.45, 7) is 5.11. The van der Waals surface area contributed by atoms with E-state index in [1.165, 1.54) is 10.4 Å². The second-order valence-electron chi connectivity index (χ2n) is 5.98. The molecule has 128 valence electrons. The zero-order valence-electron chi connectivity index (χ0n) is 13.7. The molecular weight excluding hydrogens is 344 g/mol. The van der Waals surface area contributed by atoms with Crippen LogP contribution in [0.3, 0.4) is 0 Å². The predicted octanol–water partition coefficient (Wildman–Crippen LogP) is 3.40. The summed E-state index contributed by atoms with van der Waals surface area (Å²) in [6, 6.07) is 8.79. The molecule has 1 aromatic heterocycles. The maximum Gasteiger partial charge on any atom is 0.265 e. The van der Waals surface area contributed by atoms with Gasteiger partial charge in [0.05, 0.1) is 4.88 Å². The van der Waals surface area contributed by atoms with Gasteiger partial charge in [-0.15, -0.1) is 11.3 Å². The van der Waals surface area contributed by atoms with E-state index in [1.807, 2.05) is 32.0 Å². The van der Waals surface area contributed by atoms with Crippen molar-refractivity contribution in [2.24, 2.45) is 0 Å². The maximum absolute atomic E-state index is 12.5. The Kier molecular flexibility index (Phi) is 4.76. The summed E-state index contributed by atoms with van der Waals surface area (Å²) in [5.41, 5.74) is 2.96. The van der Waals surface area contributed by atoms with Crippen LogP contribution >= 0.6 is 11.3 Å². The number of hydrogen-bond donors (Lipinski definition) is 1. The van der Waals surface area contributed by atoms with Gasteiger partial charge in [0.15, 0.2) is 0 Å². The molecule has 0 atom stereocenters. The molecule has 7 heteroatoms. The van der Waals surface area contributed by atoms with Crippen molar-refractivity contribution in [1.82, 2.24) is 4.31 Å². The number of benzene rings is 1. The highest BCUT2D eigenvalue weighted by Gasteiger charge is 2.29. The Morgan fingerprint density at radius 3 is 2.46 bits per heavy atom. The van der Waals surface area contributed by atoms with Crippen LogP contribution in [0.2, 0.25) is 0 Å². The topological polar surface area (TPSA) is 66.5 Å². The molecule has 24 heavy (non-hydrogen) atoms. The molecule has 1 aliphatic heterocycles. The van der Waals surface area contributed by atoms with Crippen molar-refractivity contribution in [3.8, 4) is 0 Å². The Labute approximate surface area is 146 Å². The van der Waals surface area contributed by atoms with E-state index in [9.17, 15) is 13.2 Å². The molecule has 1 N–H and O–H groups in total. The highest BCUT2D eigenvalue weighted by Crippen LogP contribution is 2.28. The second kappa shape index (κ2) is 6.66. The molecule has 1 aromatic carbocycles. The lowest BCUT2D eigenvalue weighted by molar-refractivity contribution is 0.103. The Morgan fingerprint density at radius 2 is 1.79 bits per heavy atom. The molecule has 0 bridgehead atoms. The van der Waals surface area contributed by atoms with Crippen LogP contribution < -0.4 is 5.32 Å². The first-order valence-corrected chi connectivity index (χ1v) is 10.1. The smallest absolute Gasteiger partial charge is 0.265 e. The molecule has 0 radical (unpaired) electrons. The Balaban J connectivity index is 1.77. The first kappa shape index (κ1) is 17.1. The van der Waals surface area contributed by atoms with Gasteiger partial charge in [-0.2, -0.15) is 4.31 Å². The van der Waals surface area contributed by atoms with Crippen LogP contribution in [0.25, 0.3) is 0 Å². The monoisotopic (exact) mass is 364 g/mol. The van der Waals surface area contributed by atoms with E-state index in [2.05, 4.69) is 5.32 Å². The van der Waals surface area contributed by atoms with E-state index in [4.69, 9.17) is 0 Å². The van der Waals surface area contributed by atoms with Gasteiger partial charge in [0.25, 0.3) is 15.9 Å². The fraction of sp³-hybridized carbons (Fsp3) is 0.353. The standard InChI is InChI=1S/C17H20N2O3S2/c1-12-5-6-14(11-13(12)2)18-17(20)15-7-8-16(23-15)24(21,22)19-9-3-4-10-19/h5-8,11H,3-4,9-10H2,1-2H3,(H,18,20). The molecule has 3 rings (SSSR count). The maximum atomic E-state index is 12.5. The molecule has 5 nitrogen and oxygen atoms in total. The van der Waals surface area contributed by atoms with E-state index in [1.54, 1.807) is 6.07 Å². The van der Waals surface area contributed by atoms with E-state index in [0.29, 0.717) is 23.7 Å². The minimum atomic E-state index is -3.46. The Morgan fingerprint density at radius 1 is 1.08 bits per heavy atom. The molecule has 1 fully saturated rings. The number of aryl methyl sites for hydroxylation is 2. The van der Waals surface area contributed by atoms with Crippen molar-refractivity contribution in [2.45, 2.75) is 30.9 Å². The van der Waals surface area contributed by atoms with Gasteiger partial charge in [0.1, 0.15) is 4.21 Å². The number of anilines is 1. The number of carbonyl (C=O) groups excluding carboxylic acids is 1. The fourth-order valence-corrected chi connectivity index (χ4v) is 5.52. The summed E-state index contributed by atoms with van der Waals surface area (Å²) in [6.07, 6.45) is 1.79. The van der Waals surface area contributed by atoms with E-state index < -0.39 is 10.0 Å². The molecule has 2 heterocycles. The number of nitrogens with zero attached hydrogens (tertiary/aromatic N) is 1. The number of carbonyl (C=O) groups is 1. The number of rotatable bonds is 4. The average Bonchev–Trinajstić information content (AvgIpc) is 3.22. The fourth-order valence-electron chi connectivity index (χ4n) is 2.65. The van der Waals surface area contributed by atoms with Crippen LogP contribution in [0.4, 0.5) is 5.69 Å². The van der Waals surface area contributed by atoms with Gasteiger partial charge in [0, 0.05) is 18.8 Å². The van der Waals surface area contributed by atoms with Gasteiger partial charge in [-0.25, -0.2) is 8.42 Å². The minimum Gasteiger partial charge on any atom is -0.321 e. The molecule has 1 aliphatic rings. The molecule has 0 aliphatic carbocycles. The molecule has 2 aromatic rings. The van der Waals surface area contributed by atoms with E-state index >= 15 is 0 Å². The third-order valence-corrected chi connectivity index (χ3v) is 7.68. The number of amides is 1. The quantitative estimate of drug-likeness (QED) is 0.904. The van der Waals surface area contributed by atoms with Crippen molar-refractivity contribution in [3.63, 3.8) is 0 Å². The Bertz CT molecular complexity index is 866. The molecule has 0 unspecified atom stereocenters. The summed E-state index contributed by atoms with van der Waals surface area (Å²) in [5, 5.41) is 2.82. The third-order valence-electron chi connectivity index (χ3n) is 4.23. The van der Waals surface area contributed by atoms with Crippen molar-refractivity contribution < 1.29 is 13.2 Å². The van der Waals surface area contributed by atoms with Gasteiger partial charge < -0.3 is 5.32 Å². The lowest BCUT2D eigenvalue weighted by Gasteiger charge is -2.13. The Hall–Kier alpha value is -1.70. The van der Waals surface area contributed by atoms with Crippen molar-refractivity contribution in [2.75, 3.05) is 18.4 Å². The summed E-state index contributed by atoms with van der Waals surface area (Å²) >= 11 is 1.02. The minimum absolute atomic E-state index is 0.231. The number of nitrogens with one attached hydrogen (secondary N) is 1. The van der Waals surface area contributed by atoms with Gasteiger partial charge in [-0.05, 0) is 62.1 Å². The summed E-state index contributed by atoms with van der Waals surface area (Å²) < 4.78 is 26.8. The zero-order chi connectivity index (χ0) is 17.3. The number of sulfonamides is 1. The largest absolute Gasteiger partial charge is 0.321 e. The van der Waals surface area contributed by atoms with Crippen LogP contribution in [0.15, 0.2) is 34.5 Å². The SMILES string of the molecule is Cc1ccc(NC(=O)c2ccc(S(=O)(=O)N3CCCC3)s2)cc1C. The summed E-state index contributed by atoms with van der Waals surface area (Å²) in [5.74, 6) is -0.286. The summed E-state index contributed by atoms with van der Waals surface area (Å²) in [4.78, 5) is 12.8. The first-order chi connectivity index (χ1) is 11.4. The average molecular weight is 364 g/mol. The highest BCUT2D eigenvalue weighted by atomic mass is 32.2. The molecule has 1 saturated heterocycles. The second-order valence-corrected chi connectivity index (χ2v) is 9.23. The first-order valence-electron chi connectivity index (χ1n) is 7.86. The van der Waals surface area contributed by atoms with Crippen LogP contribution in [-0.2, 0) is 10.0 Å². The van der Waals surface area contributed by atoms with Gasteiger partial charge in [-0.1, -0.05) is 6.07 Å². The van der Waals surface area contributed by atoms with Gasteiger partial charge in [0.2, 0.25) is 0 Å². The van der Waals surface area contributed by atoms with Crippen molar-refractivity contribution >= 4 is 33.0 Å². The summed E-state index contributed by atoms with van der Waals surface area (Å²) in [7, 11) is -3.46. The molecule has 1 amide bonds. The molecule has 0 spiro atoms. The predicted molar refractivity (Wildman–Crippen MR) is 96.2 cm³/mol. The molecule has 0 saturated carbocycles. The number of thiophene rings is 1. The lowest BCUT2D eigenvalue weighted by Crippen LogP contribution is -2.27. The van der Waals surface area contributed by atoms with Crippen LogP contribution in [0.5, 0.6) is 0 Å². The van der Waals surface area contributed by atoms with Gasteiger partial charge >= 0.3 is 0 Å². The van der Waals surface area contributed by atoms with Crippen molar-refractivity contribution in [3.05, 3.63) is 46.3 Å². The van der Waals surface area contributed by atoms with Crippen LogP contribution in [0.1, 0.15) is 33.6 Å². The molecular formula is C17H20N2O3S2. The van der Waals surface area contributed by atoms with Gasteiger partial charge in [-0.3, -0.25) is 4.79 Å². The van der Waals surface area contributed by atoms with Crippen LogP contribution in [0, 0.1) is 13.8 Å². The van der Waals surface area contributed by atoms with E-state index in [-0.39, 0.29) is 10.1 Å². The van der Waals surface area contributed by atoms with E-state index in [0.717, 1.165) is 35.3 Å². The zero-order valence-corrected chi connectivity index (χ0v) is 15.3. The normalized spacial score (nSPS) is 15.6. The lowest BCUT2D eigenvalue weighted by atomic mass is 10.1. The number of hydrogen-bond acceptors (Lipinski definition) is 4. The van der Waals surface area contributed by atoms with Crippen LogP contribution in [-0.4, -0.2) is 31.7 Å². The third kappa shape index (κ3) is 3.38. The van der Waals surface area contributed by atoms with Crippen molar-refractivity contribution in [1.29, 1.82) is 0 Å². The highest BCUT2D eigenvalue weighted by molar-refractivity contribution is 7.91.